The van der Waals surface area contributed by atoms with E-state index >= 15 is 0 Å². The van der Waals surface area contributed by atoms with Crippen molar-refractivity contribution in [3.05, 3.63) is 38.6 Å². The highest BCUT2D eigenvalue weighted by Gasteiger charge is 2.28. The third kappa shape index (κ3) is 5.20. The van der Waals surface area contributed by atoms with E-state index in [0.29, 0.717) is 6.54 Å². The molecule has 2 aromatic rings. The van der Waals surface area contributed by atoms with Crippen molar-refractivity contribution in [1.29, 1.82) is 0 Å². The number of nitrogens with zero attached hydrogens (tertiary/aromatic N) is 1. The Balaban J connectivity index is 1.87. The highest BCUT2D eigenvalue weighted by molar-refractivity contribution is 9.10. The van der Waals surface area contributed by atoms with Gasteiger partial charge in [-0.25, -0.2) is 4.98 Å². The van der Waals surface area contributed by atoms with E-state index in [0.717, 1.165) is 15.0 Å². The number of aromatic nitrogens is 1. The maximum absolute atomic E-state index is 12.0. The van der Waals surface area contributed by atoms with Crippen molar-refractivity contribution in [1.82, 2.24) is 4.98 Å². The minimum Gasteiger partial charge on any atom is -0.468 e. The largest absolute Gasteiger partial charge is 0.468 e. The summed E-state index contributed by atoms with van der Waals surface area (Å²) in [5.74, 6) is -0.0485. The Morgan fingerprint density at radius 2 is 2.14 bits per heavy atom. The van der Waals surface area contributed by atoms with Crippen LogP contribution in [0.1, 0.15) is 9.75 Å². The monoisotopic (exact) mass is 380 g/mol. The topological polar surface area (TPSA) is 34.1 Å². The quantitative estimate of drug-likeness (QED) is 0.811. The molecule has 21 heavy (non-hydrogen) atoms. The minimum atomic E-state index is -4.36. The van der Waals surface area contributed by atoms with E-state index in [2.05, 4.69) is 31.0 Å². The van der Waals surface area contributed by atoms with Gasteiger partial charge in [0.25, 0.3) is 0 Å². The van der Waals surface area contributed by atoms with Crippen molar-refractivity contribution in [3.8, 4) is 5.88 Å². The molecule has 2 heterocycles. The lowest BCUT2D eigenvalue weighted by Crippen LogP contribution is -2.19. The molecule has 0 aromatic carbocycles. The molecule has 8 heteroatoms. The van der Waals surface area contributed by atoms with Gasteiger partial charge in [-0.15, -0.1) is 11.3 Å². The van der Waals surface area contributed by atoms with Gasteiger partial charge in [0.1, 0.15) is 0 Å². The first kappa shape index (κ1) is 16.1. The summed E-state index contributed by atoms with van der Waals surface area (Å²) in [6.45, 7) is 1.31. The number of hydrogen-bond donors (Lipinski definition) is 1. The fraction of sp³-hybridized carbons (Fsp3) is 0.308. The molecule has 0 bridgehead atoms. The molecule has 0 fully saturated rings. The first-order chi connectivity index (χ1) is 9.83. The zero-order valence-corrected chi connectivity index (χ0v) is 13.4. The van der Waals surface area contributed by atoms with E-state index < -0.39 is 12.8 Å². The number of alkyl halides is 3. The molecule has 0 saturated carbocycles. The van der Waals surface area contributed by atoms with Crippen molar-refractivity contribution in [2.75, 3.05) is 11.9 Å². The van der Waals surface area contributed by atoms with E-state index in [1.807, 2.05) is 13.0 Å². The van der Waals surface area contributed by atoms with Gasteiger partial charge in [0, 0.05) is 26.8 Å². The number of ether oxygens (including phenoxy) is 1. The Kier molecular flexibility index (Phi) is 5.10. The maximum Gasteiger partial charge on any atom is 0.422 e. The standard InChI is InChI=1S/C13H12BrF3N2OS/c1-8-11(14)4-10(21-8)6-18-9-2-3-12(19-5-9)20-7-13(15,16)17/h2-5,18H,6-7H2,1H3. The van der Waals surface area contributed by atoms with Crippen molar-refractivity contribution < 1.29 is 17.9 Å². The number of anilines is 1. The number of aryl methyl sites for hydroxylation is 1. The van der Waals surface area contributed by atoms with Gasteiger partial charge in [-0.2, -0.15) is 13.2 Å². The van der Waals surface area contributed by atoms with Crippen LogP contribution in [0.5, 0.6) is 5.88 Å². The summed E-state index contributed by atoms with van der Waals surface area (Å²) < 4.78 is 41.6. The lowest BCUT2D eigenvalue weighted by atomic mass is 10.4. The second-order valence-electron chi connectivity index (χ2n) is 4.26. The van der Waals surface area contributed by atoms with Crippen LogP contribution in [0.15, 0.2) is 28.9 Å². The van der Waals surface area contributed by atoms with Gasteiger partial charge in [0.05, 0.1) is 11.9 Å². The molecule has 0 aliphatic rings. The van der Waals surface area contributed by atoms with Gasteiger partial charge in [-0.1, -0.05) is 0 Å². The smallest absolute Gasteiger partial charge is 0.422 e. The molecule has 114 valence electrons. The molecular weight excluding hydrogens is 369 g/mol. The average Bonchev–Trinajstić information content (AvgIpc) is 2.74. The van der Waals surface area contributed by atoms with E-state index in [4.69, 9.17) is 0 Å². The zero-order valence-electron chi connectivity index (χ0n) is 11.0. The van der Waals surface area contributed by atoms with Gasteiger partial charge in [0.15, 0.2) is 6.61 Å². The predicted octanol–water partition coefficient (Wildman–Crippen LogP) is 4.77. The van der Waals surface area contributed by atoms with Gasteiger partial charge >= 0.3 is 6.18 Å². The third-order valence-electron chi connectivity index (χ3n) is 2.50. The molecule has 2 rings (SSSR count). The Hall–Kier alpha value is -1.28. The lowest BCUT2D eigenvalue weighted by Gasteiger charge is -2.09. The van der Waals surface area contributed by atoms with Crippen LogP contribution in [-0.2, 0) is 6.54 Å². The highest BCUT2D eigenvalue weighted by atomic mass is 79.9. The second kappa shape index (κ2) is 6.65. The Labute approximate surface area is 132 Å². The number of pyridine rings is 1. The molecule has 0 aliphatic carbocycles. The first-order valence-corrected chi connectivity index (χ1v) is 7.59. The van der Waals surface area contributed by atoms with E-state index in [1.54, 1.807) is 17.4 Å². The summed E-state index contributed by atoms with van der Waals surface area (Å²) in [6, 6.07) is 5.07. The molecule has 1 N–H and O–H groups in total. The van der Waals surface area contributed by atoms with Crippen LogP contribution in [0.3, 0.4) is 0 Å². The number of hydrogen-bond acceptors (Lipinski definition) is 4. The maximum atomic E-state index is 12.0. The van der Waals surface area contributed by atoms with Crippen LogP contribution in [0, 0.1) is 6.92 Å². The molecule has 3 nitrogen and oxygen atoms in total. The van der Waals surface area contributed by atoms with Gasteiger partial charge in [-0.3, -0.25) is 0 Å². The second-order valence-corrected chi connectivity index (χ2v) is 6.45. The molecule has 0 amide bonds. The summed E-state index contributed by atoms with van der Waals surface area (Å²) >= 11 is 5.12. The Morgan fingerprint density at radius 3 is 2.67 bits per heavy atom. The first-order valence-electron chi connectivity index (χ1n) is 5.98. The van der Waals surface area contributed by atoms with Crippen LogP contribution in [0.2, 0.25) is 0 Å². The SMILES string of the molecule is Cc1sc(CNc2ccc(OCC(F)(F)F)nc2)cc1Br. The van der Waals surface area contributed by atoms with Crippen LogP contribution in [-0.4, -0.2) is 17.8 Å². The van der Waals surface area contributed by atoms with Crippen LogP contribution < -0.4 is 10.1 Å². The molecular formula is C13H12BrF3N2OS. The fourth-order valence-electron chi connectivity index (χ4n) is 1.52. The fourth-order valence-corrected chi connectivity index (χ4v) is 3.06. The van der Waals surface area contributed by atoms with E-state index in [1.165, 1.54) is 17.1 Å². The lowest BCUT2D eigenvalue weighted by molar-refractivity contribution is -0.154. The van der Waals surface area contributed by atoms with Crippen molar-refractivity contribution in [3.63, 3.8) is 0 Å². The molecule has 0 atom stereocenters. The van der Waals surface area contributed by atoms with E-state index in [-0.39, 0.29) is 5.88 Å². The van der Waals surface area contributed by atoms with Gasteiger partial charge < -0.3 is 10.1 Å². The normalized spacial score (nSPS) is 11.5. The molecule has 0 radical (unpaired) electrons. The van der Waals surface area contributed by atoms with Crippen LogP contribution in [0.25, 0.3) is 0 Å². The number of rotatable bonds is 5. The van der Waals surface area contributed by atoms with Crippen LogP contribution in [0.4, 0.5) is 18.9 Å². The van der Waals surface area contributed by atoms with Crippen LogP contribution >= 0.6 is 27.3 Å². The minimum absolute atomic E-state index is 0.0485. The summed E-state index contributed by atoms with van der Waals surface area (Å²) in [5.41, 5.74) is 0.719. The highest BCUT2D eigenvalue weighted by Crippen LogP contribution is 2.27. The Bertz CT molecular complexity index is 579. The zero-order chi connectivity index (χ0) is 15.5. The average molecular weight is 381 g/mol. The summed E-state index contributed by atoms with van der Waals surface area (Å²) in [4.78, 5) is 6.17. The summed E-state index contributed by atoms with van der Waals surface area (Å²) in [7, 11) is 0. The molecule has 0 aliphatic heterocycles. The van der Waals surface area contributed by atoms with Gasteiger partial charge in [0.2, 0.25) is 5.88 Å². The number of nitrogens with one attached hydrogen (secondary N) is 1. The van der Waals surface area contributed by atoms with E-state index in [9.17, 15) is 13.2 Å². The summed E-state index contributed by atoms with van der Waals surface area (Å²) in [6.07, 6.45) is -2.91. The Morgan fingerprint density at radius 1 is 1.38 bits per heavy atom. The number of halogens is 4. The van der Waals surface area contributed by atoms with Crippen molar-refractivity contribution >= 4 is 33.0 Å². The number of thiophene rings is 1. The van der Waals surface area contributed by atoms with Gasteiger partial charge in [-0.05, 0) is 35.0 Å². The third-order valence-corrected chi connectivity index (χ3v) is 4.63. The van der Waals surface area contributed by atoms with Crippen molar-refractivity contribution in [2.45, 2.75) is 19.6 Å². The molecule has 0 saturated heterocycles. The molecule has 0 spiro atoms. The van der Waals surface area contributed by atoms with Crippen molar-refractivity contribution in [2.24, 2.45) is 0 Å². The summed E-state index contributed by atoms with van der Waals surface area (Å²) in [5, 5.41) is 3.15. The predicted molar refractivity (Wildman–Crippen MR) is 79.9 cm³/mol. The molecule has 0 unspecified atom stereocenters. The molecule has 2 aromatic heterocycles.